The van der Waals surface area contributed by atoms with Crippen LogP contribution in [0.25, 0.3) is 11.1 Å². The Labute approximate surface area is 137 Å². The lowest BCUT2D eigenvalue weighted by Crippen LogP contribution is -2.00. The van der Waals surface area contributed by atoms with Crippen molar-refractivity contribution < 1.29 is 8.42 Å². The second-order valence-electron chi connectivity index (χ2n) is 4.16. The normalized spacial score (nSPS) is 11.7. The highest BCUT2D eigenvalue weighted by Gasteiger charge is 2.18. The number of rotatable bonds is 2. The van der Waals surface area contributed by atoms with E-state index in [9.17, 15) is 8.42 Å². The average Bonchev–Trinajstić information content (AvgIpc) is 2.34. The van der Waals surface area contributed by atoms with E-state index in [1.807, 2.05) is 0 Å². The minimum atomic E-state index is -3.46. The van der Waals surface area contributed by atoms with Crippen LogP contribution in [0.4, 0.5) is 0 Å². The van der Waals surface area contributed by atoms with E-state index in [2.05, 4.69) is 0 Å². The molecule has 2 nitrogen and oxygen atoms in total. The van der Waals surface area contributed by atoms with Gasteiger partial charge < -0.3 is 0 Å². The van der Waals surface area contributed by atoms with Crippen LogP contribution in [0.2, 0.25) is 20.1 Å². The largest absolute Gasteiger partial charge is 0.224 e. The molecule has 2 aromatic rings. The number of halogens is 4. The van der Waals surface area contributed by atoms with Crippen LogP contribution in [0, 0.1) is 0 Å². The van der Waals surface area contributed by atoms with E-state index >= 15 is 0 Å². The van der Waals surface area contributed by atoms with Crippen molar-refractivity contribution in [2.24, 2.45) is 0 Å². The maximum absolute atomic E-state index is 11.9. The topological polar surface area (TPSA) is 34.1 Å². The molecule has 0 unspecified atom stereocenters. The van der Waals surface area contributed by atoms with Gasteiger partial charge in [0.05, 0.1) is 25.0 Å². The van der Waals surface area contributed by atoms with Gasteiger partial charge in [0, 0.05) is 11.8 Å². The number of hydrogen-bond donors (Lipinski definition) is 0. The minimum Gasteiger partial charge on any atom is -0.224 e. The highest BCUT2D eigenvalue weighted by Crippen LogP contribution is 2.36. The molecule has 0 bridgehead atoms. The van der Waals surface area contributed by atoms with Gasteiger partial charge in [-0.1, -0.05) is 52.5 Å². The Hall–Kier alpha value is -0.450. The summed E-state index contributed by atoms with van der Waals surface area (Å²) in [5, 5.41) is 1.15. The van der Waals surface area contributed by atoms with Crippen LogP contribution < -0.4 is 0 Å². The van der Waals surface area contributed by atoms with E-state index < -0.39 is 9.84 Å². The molecule has 0 aliphatic rings. The van der Waals surface area contributed by atoms with Crippen LogP contribution in [0.5, 0.6) is 0 Å². The van der Waals surface area contributed by atoms with Gasteiger partial charge in [0.15, 0.2) is 9.84 Å². The number of hydrogen-bond acceptors (Lipinski definition) is 2. The smallest absolute Gasteiger partial charge is 0.176 e. The summed E-state index contributed by atoms with van der Waals surface area (Å²) in [5.41, 5.74) is 1.03. The molecule has 0 atom stereocenters. The van der Waals surface area contributed by atoms with E-state index in [1.165, 1.54) is 12.1 Å². The van der Waals surface area contributed by atoms with Crippen molar-refractivity contribution in [3.63, 3.8) is 0 Å². The molecule has 2 rings (SSSR count). The van der Waals surface area contributed by atoms with Crippen LogP contribution in [-0.2, 0) is 9.84 Å². The van der Waals surface area contributed by atoms with Crippen LogP contribution in [0.15, 0.2) is 35.2 Å². The van der Waals surface area contributed by atoms with Gasteiger partial charge in [-0.25, -0.2) is 8.42 Å². The average molecular weight is 370 g/mol. The molecule has 0 heterocycles. The molecule has 20 heavy (non-hydrogen) atoms. The monoisotopic (exact) mass is 368 g/mol. The standard InChI is InChI=1S/C13H8Cl4O2S/c1-20(18,19)13-6-12(17)11(16)5-8(13)7-2-3-9(14)10(15)4-7/h2-6H,1H3. The first-order valence-electron chi connectivity index (χ1n) is 5.34. The third-order valence-corrected chi connectivity index (χ3v) is 5.25. The molecular weight excluding hydrogens is 362 g/mol. The molecule has 0 aromatic heterocycles. The Kier molecular flexibility index (Phi) is 4.57. The predicted octanol–water partition coefficient (Wildman–Crippen LogP) is 5.37. The van der Waals surface area contributed by atoms with Crippen LogP contribution in [-0.4, -0.2) is 14.7 Å². The first-order chi connectivity index (χ1) is 9.20. The lowest BCUT2D eigenvalue weighted by Gasteiger charge is -2.11. The Morgan fingerprint density at radius 1 is 0.800 bits per heavy atom. The molecule has 0 radical (unpaired) electrons. The third kappa shape index (κ3) is 3.23. The summed E-state index contributed by atoms with van der Waals surface area (Å²) in [6.45, 7) is 0. The van der Waals surface area contributed by atoms with Crippen molar-refractivity contribution in [2.75, 3.05) is 6.26 Å². The fraction of sp³-hybridized carbons (Fsp3) is 0.0769. The van der Waals surface area contributed by atoms with Gasteiger partial charge in [-0.15, -0.1) is 0 Å². The molecule has 2 aromatic carbocycles. The van der Waals surface area contributed by atoms with Gasteiger partial charge in [-0.05, 0) is 29.8 Å². The second kappa shape index (κ2) is 5.74. The van der Waals surface area contributed by atoms with Gasteiger partial charge >= 0.3 is 0 Å². The molecule has 7 heteroatoms. The zero-order valence-electron chi connectivity index (χ0n) is 10.1. The minimum absolute atomic E-state index is 0.0882. The summed E-state index contributed by atoms with van der Waals surface area (Å²) in [7, 11) is -3.46. The van der Waals surface area contributed by atoms with Crippen LogP contribution >= 0.6 is 46.4 Å². The molecule has 0 amide bonds. The van der Waals surface area contributed by atoms with Crippen LogP contribution in [0.1, 0.15) is 0 Å². The first-order valence-corrected chi connectivity index (χ1v) is 8.75. The lowest BCUT2D eigenvalue weighted by molar-refractivity contribution is 0.602. The van der Waals surface area contributed by atoms with Gasteiger partial charge in [0.25, 0.3) is 0 Å². The van der Waals surface area contributed by atoms with Gasteiger partial charge in [-0.2, -0.15) is 0 Å². The summed E-state index contributed by atoms with van der Waals surface area (Å²) in [6.07, 6.45) is 1.10. The highest BCUT2D eigenvalue weighted by molar-refractivity contribution is 7.90. The highest BCUT2D eigenvalue weighted by atomic mass is 35.5. The SMILES string of the molecule is CS(=O)(=O)c1cc(Cl)c(Cl)cc1-c1ccc(Cl)c(Cl)c1. The quantitative estimate of drug-likeness (QED) is 0.712. The molecule has 0 aliphatic carbocycles. The van der Waals surface area contributed by atoms with Crippen molar-refractivity contribution in [1.29, 1.82) is 0 Å². The van der Waals surface area contributed by atoms with Crippen LogP contribution in [0.3, 0.4) is 0 Å². The molecular formula is C13H8Cl4O2S. The van der Waals surface area contributed by atoms with E-state index in [-0.39, 0.29) is 14.9 Å². The number of sulfone groups is 1. The van der Waals surface area contributed by atoms with E-state index in [0.717, 1.165) is 6.26 Å². The second-order valence-corrected chi connectivity index (χ2v) is 7.78. The molecule has 0 spiro atoms. The summed E-state index contributed by atoms with van der Waals surface area (Å²) in [5.74, 6) is 0. The van der Waals surface area contributed by atoms with E-state index in [4.69, 9.17) is 46.4 Å². The Balaban J connectivity index is 2.78. The van der Waals surface area contributed by atoms with E-state index in [0.29, 0.717) is 21.2 Å². The summed E-state index contributed by atoms with van der Waals surface area (Å²) >= 11 is 23.7. The maximum atomic E-state index is 11.9. The van der Waals surface area contributed by atoms with Crippen molar-refractivity contribution >= 4 is 56.2 Å². The summed E-state index contributed by atoms with van der Waals surface area (Å²) in [6, 6.07) is 7.67. The van der Waals surface area contributed by atoms with Gasteiger partial charge in [0.1, 0.15) is 0 Å². The fourth-order valence-corrected chi connectivity index (χ4v) is 3.32. The first kappa shape index (κ1) is 15.9. The van der Waals surface area contributed by atoms with Gasteiger partial charge in [-0.3, -0.25) is 0 Å². The van der Waals surface area contributed by atoms with Crippen molar-refractivity contribution in [3.8, 4) is 11.1 Å². The Bertz CT molecular complexity index is 785. The molecule has 0 aliphatic heterocycles. The zero-order chi connectivity index (χ0) is 15.1. The molecule has 106 valence electrons. The summed E-state index contributed by atoms with van der Waals surface area (Å²) < 4.78 is 23.8. The summed E-state index contributed by atoms with van der Waals surface area (Å²) in [4.78, 5) is 0.0882. The fourth-order valence-electron chi connectivity index (χ4n) is 1.72. The molecule has 0 saturated heterocycles. The maximum Gasteiger partial charge on any atom is 0.176 e. The van der Waals surface area contributed by atoms with Gasteiger partial charge in [0.2, 0.25) is 0 Å². The Morgan fingerprint density at radius 2 is 1.35 bits per heavy atom. The predicted molar refractivity (Wildman–Crippen MR) is 85.0 cm³/mol. The molecule has 0 saturated carbocycles. The van der Waals surface area contributed by atoms with Crippen molar-refractivity contribution in [1.82, 2.24) is 0 Å². The lowest BCUT2D eigenvalue weighted by atomic mass is 10.1. The molecule has 0 fully saturated rings. The Morgan fingerprint density at radius 3 is 1.90 bits per heavy atom. The molecule has 0 N–H and O–H groups in total. The van der Waals surface area contributed by atoms with E-state index in [1.54, 1.807) is 18.2 Å². The third-order valence-electron chi connectivity index (χ3n) is 2.65. The zero-order valence-corrected chi connectivity index (χ0v) is 14.0. The van der Waals surface area contributed by atoms with Crippen molar-refractivity contribution in [2.45, 2.75) is 4.90 Å². The van der Waals surface area contributed by atoms with Crippen molar-refractivity contribution in [3.05, 3.63) is 50.4 Å². The number of benzene rings is 2.